The Balaban J connectivity index is 1.51. The number of alkyl halides is 3. The van der Waals surface area contributed by atoms with E-state index < -0.39 is 34.4 Å². The summed E-state index contributed by atoms with van der Waals surface area (Å²) in [5, 5.41) is 5.06. The second-order valence-corrected chi connectivity index (χ2v) is 14.5. The number of hydrogen-bond donors (Lipinski definition) is 0. The number of anilines is 1. The Morgan fingerprint density at radius 1 is 0.961 bits per heavy atom. The van der Waals surface area contributed by atoms with Gasteiger partial charge in [-0.15, -0.1) is 0 Å². The highest BCUT2D eigenvalue weighted by molar-refractivity contribution is 7.86. The van der Waals surface area contributed by atoms with Crippen molar-refractivity contribution in [3.8, 4) is 33.9 Å². The van der Waals surface area contributed by atoms with Crippen LogP contribution in [-0.2, 0) is 35.5 Å². The molecule has 0 fully saturated rings. The van der Waals surface area contributed by atoms with E-state index in [1.54, 1.807) is 81.7 Å². The van der Waals surface area contributed by atoms with Gasteiger partial charge in [-0.3, -0.25) is 13.6 Å². The van der Waals surface area contributed by atoms with E-state index >= 15 is 0 Å². The average molecular weight is 739 g/mol. The summed E-state index contributed by atoms with van der Waals surface area (Å²) in [6.45, 7) is 5.29. The van der Waals surface area contributed by atoms with Gasteiger partial charge in [-0.2, -0.15) is 22.6 Å². The molecule has 0 amide bonds. The Kier molecular flexibility index (Phi) is 9.65. The third-order valence-corrected chi connectivity index (χ3v) is 10.0. The molecule has 0 N–H and O–H groups in total. The zero-order chi connectivity index (χ0) is 36.7. The van der Waals surface area contributed by atoms with E-state index in [1.807, 2.05) is 0 Å². The topological polar surface area (TPSA) is 114 Å². The lowest BCUT2D eigenvalue weighted by atomic mass is 9.95. The lowest BCUT2D eigenvalue weighted by Crippen LogP contribution is -2.27. The summed E-state index contributed by atoms with van der Waals surface area (Å²) in [4.78, 5) is 18.3. The molecule has 0 saturated heterocycles. The molecule has 16 heteroatoms. The van der Waals surface area contributed by atoms with Gasteiger partial charge in [-0.25, -0.2) is 14.0 Å². The summed E-state index contributed by atoms with van der Waals surface area (Å²) in [6, 6.07) is 15.3. The molecule has 6 rings (SSSR count). The van der Waals surface area contributed by atoms with Gasteiger partial charge >= 0.3 is 12.3 Å². The van der Waals surface area contributed by atoms with Crippen molar-refractivity contribution in [3.63, 3.8) is 0 Å². The monoisotopic (exact) mass is 738 g/mol. The number of ether oxygens (including phenoxy) is 3. The summed E-state index contributed by atoms with van der Waals surface area (Å²) >= 11 is 1.06. The van der Waals surface area contributed by atoms with Crippen molar-refractivity contribution in [2.45, 2.75) is 44.0 Å². The van der Waals surface area contributed by atoms with Gasteiger partial charge in [-0.05, 0) is 68.8 Å². The van der Waals surface area contributed by atoms with Crippen molar-refractivity contribution in [3.05, 3.63) is 90.5 Å². The third kappa shape index (κ3) is 7.32. The van der Waals surface area contributed by atoms with Gasteiger partial charge < -0.3 is 14.2 Å². The number of aryl methyl sites for hydroxylation is 1. The molecule has 6 aromatic rings. The van der Waals surface area contributed by atoms with Gasteiger partial charge in [0.05, 0.1) is 42.4 Å². The van der Waals surface area contributed by atoms with Gasteiger partial charge in [-0.1, -0.05) is 12.1 Å². The Bertz CT molecular complexity index is 2240. The van der Waals surface area contributed by atoms with Crippen LogP contribution in [0.15, 0.2) is 84.3 Å². The quantitative estimate of drug-likeness (QED) is 0.146. The normalized spacial score (nSPS) is 12.6. The van der Waals surface area contributed by atoms with Crippen LogP contribution in [0.3, 0.4) is 0 Å². The van der Waals surface area contributed by atoms with Crippen LogP contribution in [0.1, 0.15) is 31.9 Å². The SMILES string of the molecule is COc1ccc(CN(c2ncns2)S(=O)c2ccc3c(-c4ccc(C(F)(F)F)cc4-c4ccnn4C)cn(C(=O)OC(C)(C)C)c3c2)c(OC)c1. The molecular weight excluding hydrogens is 706 g/mol. The standard InChI is InChI=1S/C35H33F3N6O5S2/c1-34(2,3)49-33(45)43-19-28(25-11-8-22(35(36,37)38)15-27(25)29-13-14-40-42(29)4)26-12-10-24(17-30(26)43)51(46)44(32-39-20-41-50-32)18-21-7-9-23(47-5)16-31(21)48-6/h7-17,19-20H,18H2,1-6H3. The van der Waals surface area contributed by atoms with E-state index in [0.717, 1.165) is 23.7 Å². The van der Waals surface area contributed by atoms with Gasteiger partial charge in [0.15, 0.2) is 11.0 Å². The summed E-state index contributed by atoms with van der Waals surface area (Å²) in [5.74, 6) is 1.10. The molecule has 0 bridgehead atoms. The highest BCUT2D eigenvalue weighted by Crippen LogP contribution is 2.42. The first kappa shape index (κ1) is 35.6. The van der Waals surface area contributed by atoms with Crippen molar-refractivity contribution >= 4 is 44.6 Å². The smallest absolute Gasteiger partial charge is 0.419 e. The van der Waals surface area contributed by atoms with Crippen LogP contribution >= 0.6 is 11.5 Å². The van der Waals surface area contributed by atoms with Crippen LogP contribution in [0, 0.1) is 0 Å². The van der Waals surface area contributed by atoms with Crippen molar-refractivity contribution in [2.24, 2.45) is 7.05 Å². The number of aromatic nitrogens is 5. The fourth-order valence-electron chi connectivity index (χ4n) is 5.54. The van der Waals surface area contributed by atoms with E-state index in [0.29, 0.717) is 54.8 Å². The number of rotatable bonds is 9. The molecule has 3 aromatic carbocycles. The first-order valence-corrected chi connectivity index (χ1v) is 17.3. The Labute approximate surface area is 298 Å². The number of hydrogen-bond acceptors (Lipinski definition) is 9. The van der Waals surface area contributed by atoms with Crippen LogP contribution < -0.4 is 13.8 Å². The minimum Gasteiger partial charge on any atom is -0.497 e. The second kappa shape index (κ2) is 13.8. The third-order valence-electron chi connectivity index (χ3n) is 7.87. The van der Waals surface area contributed by atoms with Crippen molar-refractivity contribution in [2.75, 3.05) is 18.5 Å². The molecule has 0 radical (unpaired) electrons. The second-order valence-electron chi connectivity index (χ2n) is 12.4. The number of nitrogens with zero attached hydrogens (tertiary/aromatic N) is 6. The molecular formula is C35H33F3N6O5S2. The summed E-state index contributed by atoms with van der Waals surface area (Å²) < 4.78 is 81.3. The molecule has 0 saturated carbocycles. The van der Waals surface area contributed by atoms with E-state index in [1.165, 1.54) is 41.1 Å². The van der Waals surface area contributed by atoms with E-state index in [9.17, 15) is 22.2 Å². The number of benzene rings is 3. The zero-order valence-electron chi connectivity index (χ0n) is 28.4. The summed E-state index contributed by atoms with van der Waals surface area (Å²) in [5.41, 5.74) is 0.921. The van der Waals surface area contributed by atoms with Gasteiger partial charge in [0, 0.05) is 59.1 Å². The maximum Gasteiger partial charge on any atom is 0.419 e. The van der Waals surface area contributed by atoms with Crippen molar-refractivity contribution in [1.29, 1.82) is 0 Å². The minimum absolute atomic E-state index is 0.116. The van der Waals surface area contributed by atoms with Crippen LogP contribution in [0.5, 0.6) is 11.5 Å². The van der Waals surface area contributed by atoms with Crippen LogP contribution in [-0.4, -0.2) is 53.8 Å². The van der Waals surface area contributed by atoms with E-state index in [-0.39, 0.29) is 12.1 Å². The fraction of sp³-hybridized carbons (Fsp3) is 0.257. The molecule has 1 unspecified atom stereocenters. The van der Waals surface area contributed by atoms with Crippen LogP contribution in [0.25, 0.3) is 33.3 Å². The number of carbonyl (C=O) groups excluding carboxylic acids is 1. The molecule has 0 aliphatic rings. The molecule has 0 aliphatic carbocycles. The summed E-state index contributed by atoms with van der Waals surface area (Å²) in [7, 11) is 2.81. The predicted molar refractivity (Wildman–Crippen MR) is 188 cm³/mol. The van der Waals surface area contributed by atoms with Crippen molar-refractivity contribution < 1.29 is 36.4 Å². The molecule has 0 spiro atoms. The molecule has 11 nitrogen and oxygen atoms in total. The van der Waals surface area contributed by atoms with Gasteiger partial charge in [0.1, 0.15) is 23.4 Å². The maximum absolute atomic E-state index is 14.4. The van der Waals surface area contributed by atoms with Gasteiger partial charge in [0.25, 0.3) is 0 Å². The molecule has 51 heavy (non-hydrogen) atoms. The largest absolute Gasteiger partial charge is 0.497 e. The Morgan fingerprint density at radius 3 is 2.37 bits per heavy atom. The van der Waals surface area contributed by atoms with Gasteiger partial charge in [0.2, 0.25) is 5.13 Å². The first-order valence-electron chi connectivity index (χ1n) is 15.4. The average Bonchev–Trinajstić information content (AvgIpc) is 3.86. The predicted octanol–water partition coefficient (Wildman–Crippen LogP) is 8.11. The molecule has 3 heterocycles. The van der Waals surface area contributed by atoms with Crippen LogP contribution in [0.4, 0.5) is 23.1 Å². The number of halogens is 3. The highest BCUT2D eigenvalue weighted by Gasteiger charge is 2.32. The minimum atomic E-state index is -4.59. The van der Waals surface area contributed by atoms with Crippen LogP contribution in [0.2, 0.25) is 0 Å². The lowest BCUT2D eigenvalue weighted by Gasteiger charge is -2.22. The molecule has 1 atom stereocenters. The fourth-order valence-corrected chi connectivity index (χ4v) is 7.37. The Hall–Kier alpha value is -5.22. The highest BCUT2D eigenvalue weighted by atomic mass is 32.2. The zero-order valence-corrected chi connectivity index (χ0v) is 30.0. The number of fused-ring (bicyclic) bond motifs is 1. The Morgan fingerprint density at radius 2 is 1.75 bits per heavy atom. The number of methoxy groups -OCH3 is 2. The van der Waals surface area contributed by atoms with E-state index in [4.69, 9.17) is 14.2 Å². The lowest BCUT2D eigenvalue weighted by molar-refractivity contribution is -0.137. The molecule has 3 aromatic heterocycles. The number of carbonyl (C=O) groups is 1. The summed E-state index contributed by atoms with van der Waals surface area (Å²) in [6.07, 6.45) is -0.930. The maximum atomic E-state index is 14.4. The first-order chi connectivity index (χ1) is 24.2. The molecule has 0 aliphatic heterocycles. The van der Waals surface area contributed by atoms with Crippen molar-refractivity contribution in [1.82, 2.24) is 23.7 Å². The van der Waals surface area contributed by atoms with E-state index in [2.05, 4.69) is 14.5 Å². The molecule has 266 valence electrons.